The molecule has 4 N–H and O–H groups in total. The van der Waals surface area contributed by atoms with Gasteiger partial charge in [0.15, 0.2) is 4.60 Å². The first kappa shape index (κ1) is 7.48. The first-order valence-corrected chi connectivity index (χ1v) is 2.79. The number of aromatic nitrogens is 2. The lowest BCUT2D eigenvalue weighted by molar-refractivity contribution is -0.718. The summed E-state index contributed by atoms with van der Waals surface area (Å²) >= 11 is 0. The molecule has 0 unspecified atom stereocenters. The molecule has 1 rings (SSSR count). The van der Waals surface area contributed by atoms with Crippen LogP contribution in [0.4, 0.5) is 0 Å². The molecule has 0 radical (unpaired) electrons. The average Bonchev–Trinajstić information content (AvgIpc) is 2.32. The summed E-state index contributed by atoms with van der Waals surface area (Å²) in [6, 6.07) is 0. The third kappa shape index (κ3) is 1.13. The predicted octanol–water partition coefficient (Wildman–Crippen LogP) is -1.57. The second-order valence-corrected chi connectivity index (χ2v) is 1.88. The van der Waals surface area contributed by atoms with Crippen LogP contribution in [-0.4, -0.2) is 11.1 Å². The third-order valence-corrected chi connectivity index (χ3v) is 1.22. The molecule has 0 aromatic carbocycles. The second kappa shape index (κ2) is 2.54. The number of nitrogen functional groups attached to an aromatic ring is 1. The number of carbonyl (C=O) groups excluding carboxylic acids is 1. The monoisotopic (exact) mass is 159 g/mol. The number of carbonyl (C=O) groups is 1. The van der Waals surface area contributed by atoms with Gasteiger partial charge in [-0.25, -0.2) is 5.84 Å². The van der Waals surface area contributed by atoms with Gasteiger partial charge in [0.25, 0.3) is 11.4 Å². The number of nitrogens with zero attached hydrogens (tertiary/aromatic N) is 1. The van der Waals surface area contributed by atoms with Crippen LogP contribution in [-0.2, 0) is 0 Å². The highest BCUT2D eigenvalue weighted by molar-refractivity contribution is 5.92. The zero-order valence-electron chi connectivity index (χ0n) is 5.75. The molecule has 0 fully saturated rings. The van der Waals surface area contributed by atoms with Gasteiger partial charge in [0.1, 0.15) is 0 Å². The normalized spacial score (nSPS) is 9.64. The zero-order chi connectivity index (χ0) is 8.43. The fourth-order valence-electron chi connectivity index (χ4n) is 0.604. The Kier molecular flexibility index (Phi) is 1.73. The molecule has 1 heterocycles. The number of hydrogen-bond acceptors (Lipinski definition) is 4. The van der Waals surface area contributed by atoms with E-state index in [0.29, 0.717) is 0 Å². The lowest BCUT2D eigenvalue weighted by Crippen LogP contribution is -2.31. The Bertz CT molecular complexity index is 324. The van der Waals surface area contributed by atoms with E-state index in [1.165, 1.54) is 6.92 Å². The Morgan fingerprint density at radius 1 is 1.82 bits per heavy atom. The van der Waals surface area contributed by atoms with Gasteiger partial charge < -0.3 is 0 Å². The fraction of sp³-hybridized carbons (Fsp3) is 0.250. The SMILES string of the molecule is Cc1c(C(=O)NN)[nH]o[n+]1=O. The summed E-state index contributed by atoms with van der Waals surface area (Å²) in [4.78, 5) is 21.3. The molecule has 1 aromatic rings. The van der Waals surface area contributed by atoms with E-state index in [-0.39, 0.29) is 16.0 Å². The Morgan fingerprint density at radius 2 is 2.45 bits per heavy atom. The maximum Gasteiger partial charge on any atom is 0.312 e. The summed E-state index contributed by atoms with van der Waals surface area (Å²) in [5, 5.41) is 2.11. The molecule has 7 nitrogen and oxygen atoms in total. The predicted molar refractivity (Wildman–Crippen MR) is 32.8 cm³/mol. The highest BCUT2D eigenvalue weighted by Gasteiger charge is 2.21. The molecule has 0 atom stereocenters. The smallest absolute Gasteiger partial charge is 0.287 e. The molecule has 11 heavy (non-hydrogen) atoms. The van der Waals surface area contributed by atoms with Crippen LogP contribution in [0.2, 0.25) is 0 Å². The van der Waals surface area contributed by atoms with Crippen molar-refractivity contribution in [1.29, 1.82) is 0 Å². The van der Waals surface area contributed by atoms with Gasteiger partial charge in [-0.1, -0.05) is 9.79 Å². The number of amides is 1. The fourth-order valence-corrected chi connectivity index (χ4v) is 0.604. The van der Waals surface area contributed by atoms with E-state index in [9.17, 15) is 9.70 Å². The third-order valence-electron chi connectivity index (χ3n) is 1.22. The Labute approximate surface area is 60.7 Å². The van der Waals surface area contributed by atoms with Gasteiger partial charge in [0, 0.05) is 6.92 Å². The highest BCUT2D eigenvalue weighted by Crippen LogP contribution is 1.94. The van der Waals surface area contributed by atoms with Gasteiger partial charge in [-0.2, -0.15) is 0 Å². The minimum absolute atomic E-state index is 0.0162. The first-order chi connectivity index (χ1) is 5.16. The molecule has 0 spiro atoms. The number of rotatable bonds is 1. The number of H-pyrrole nitrogens is 1. The van der Waals surface area contributed by atoms with Crippen molar-refractivity contribution in [3.05, 3.63) is 16.3 Å². The van der Waals surface area contributed by atoms with Crippen molar-refractivity contribution in [1.82, 2.24) is 10.6 Å². The standard InChI is InChI=1S/C4H6N4O3/c1-2-3(4(9)6-5)7-11-8(2)10/h1H3,(H3-,5,6,7,9,10)/p+1. The maximum atomic E-state index is 10.8. The molecule has 0 bridgehead atoms. The Hall–Kier alpha value is -1.63. The van der Waals surface area contributed by atoms with Crippen molar-refractivity contribution >= 4 is 5.91 Å². The number of nitrogens with one attached hydrogen (secondary N) is 2. The summed E-state index contributed by atoms with van der Waals surface area (Å²) in [5.74, 6) is 4.21. The van der Waals surface area contributed by atoms with Crippen LogP contribution in [0.15, 0.2) is 4.63 Å². The van der Waals surface area contributed by atoms with E-state index in [1.807, 2.05) is 5.43 Å². The van der Waals surface area contributed by atoms with Gasteiger partial charge in [-0.15, -0.1) is 0 Å². The second-order valence-electron chi connectivity index (χ2n) is 1.88. The molecule has 1 aromatic heterocycles. The van der Waals surface area contributed by atoms with Crippen LogP contribution >= 0.6 is 0 Å². The first-order valence-electron chi connectivity index (χ1n) is 2.79. The minimum Gasteiger partial charge on any atom is -0.287 e. The van der Waals surface area contributed by atoms with E-state index in [4.69, 9.17) is 5.84 Å². The van der Waals surface area contributed by atoms with E-state index in [2.05, 4.69) is 9.79 Å². The molecule has 7 heteroatoms. The van der Waals surface area contributed by atoms with Gasteiger partial charge in [-0.3, -0.25) is 10.2 Å². The van der Waals surface area contributed by atoms with E-state index in [0.717, 1.165) is 0 Å². The van der Waals surface area contributed by atoms with Crippen molar-refractivity contribution in [3.8, 4) is 0 Å². The van der Waals surface area contributed by atoms with Crippen molar-refractivity contribution in [3.63, 3.8) is 0 Å². The van der Waals surface area contributed by atoms with Gasteiger partial charge >= 0.3 is 5.91 Å². The quantitative estimate of drug-likeness (QED) is 0.261. The summed E-state index contributed by atoms with van der Waals surface area (Å²) in [7, 11) is 0. The number of hydrogen-bond donors (Lipinski definition) is 3. The molecule has 0 saturated heterocycles. The van der Waals surface area contributed by atoms with Gasteiger partial charge in [0.2, 0.25) is 0 Å². The summed E-state index contributed by atoms with van der Waals surface area (Å²) < 4.78 is 4.42. The molecule has 0 aliphatic carbocycles. The van der Waals surface area contributed by atoms with E-state index in [1.54, 1.807) is 0 Å². The Morgan fingerprint density at radius 3 is 2.82 bits per heavy atom. The largest absolute Gasteiger partial charge is 0.312 e. The molecule has 0 aliphatic heterocycles. The minimum atomic E-state index is -0.596. The van der Waals surface area contributed by atoms with Gasteiger partial charge in [-0.05, 0) is 4.91 Å². The van der Waals surface area contributed by atoms with Crippen LogP contribution in [0.3, 0.4) is 0 Å². The van der Waals surface area contributed by atoms with Crippen LogP contribution in [0, 0.1) is 11.8 Å². The lowest BCUT2D eigenvalue weighted by Gasteiger charge is -1.86. The van der Waals surface area contributed by atoms with Crippen molar-refractivity contribution < 1.29 is 14.0 Å². The van der Waals surface area contributed by atoms with E-state index < -0.39 is 5.91 Å². The molecule has 60 valence electrons. The number of nitrogens with two attached hydrogens (primary N) is 1. The topological polar surface area (TPSA) is 107 Å². The molecule has 0 saturated carbocycles. The highest BCUT2D eigenvalue weighted by atomic mass is 16.7. The zero-order valence-corrected chi connectivity index (χ0v) is 5.75. The lowest BCUT2D eigenvalue weighted by atomic mass is 10.3. The Balaban J connectivity index is 3.15. The van der Waals surface area contributed by atoms with Crippen molar-refractivity contribution in [2.75, 3.05) is 0 Å². The summed E-state index contributed by atoms with van der Waals surface area (Å²) in [5.41, 5.74) is 2.00. The van der Waals surface area contributed by atoms with Crippen LogP contribution in [0.5, 0.6) is 0 Å². The molecular weight excluding hydrogens is 152 g/mol. The number of aromatic amines is 1. The maximum absolute atomic E-state index is 10.8. The van der Waals surface area contributed by atoms with Gasteiger partial charge in [0.05, 0.1) is 0 Å². The summed E-state index contributed by atoms with van der Waals surface area (Å²) in [6.07, 6.45) is 0. The van der Waals surface area contributed by atoms with E-state index >= 15 is 0 Å². The molecule has 1 amide bonds. The number of hydrazine groups is 1. The molecule has 0 aliphatic rings. The summed E-state index contributed by atoms with van der Waals surface area (Å²) in [6.45, 7) is 1.43. The van der Waals surface area contributed by atoms with Crippen LogP contribution in [0.25, 0.3) is 0 Å². The average molecular weight is 159 g/mol. The van der Waals surface area contributed by atoms with Crippen molar-refractivity contribution in [2.45, 2.75) is 6.92 Å². The van der Waals surface area contributed by atoms with Crippen LogP contribution < -0.4 is 15.9 Å². The van der Waals surface area contributed by atoms with Crippen LogP contribution in [0.1, 0.15) is 16.2 Å². The molecular formula is C4H7N4O3+. The van der Waals surface area contributed by atoms with Crippen molar-refractivity contribution in [2.24, 2.45) is 5.84 Å².